The molecule has 9 heteroatoms. The van der Waals surface area contributed by atoms with Crippen molar-refractivity contribution in [2.75, 3.05) is 36.3 Å². The van der Waals surface area contributed by atoms with E-state index >= 15 is 0 Å². The SMILES string of the molecule is COC(=O)c1cnc(N2CCSCC2S(C)(=O)=O)s1. The number of carbonyl (C=O) groups is 1. The van der Waals surface area contributed by atoms with E-state index in [9.17, 15) is 13.2 Å². The molecule has 1 aliphatic rings. The lowest BCUT2D eigenvalue weighted by molar-refractivity contribution is 0.0606. The molecular weight excluding hydrogens is 308 g/mol. The van der Waals surface area contributed by atoms with Crippen LogP contribution in [-0.4, -0.2) is 56.2 Å². The van der Waals surface area contributed by atoms with Gasteiger partial charge in [-0.1, -0.05) is 11.3 Å². The Balaban J connectivity index is 2.28. The van der Waals surface area contributed by atoms with Crippen LogP contribution in [0.1, 0.15) is 9.67 Å². The summed E-state index contributed by atoms with van der Waals surface area (Å²) in [5.41, 5.74) is 0. The van der Waals surface area contributed by atoms with Gasteiger partial charge in [0.25, 0.3) is 0 Å². The fourth-order valence-corrected chi connectivity index (χ4v) is 5.54. The van der Waals surface area contributed by atoms with Crippen molar-refractivity contribution < 1.29 is 17.9 Å². The van der Waals surface area contributed by atoms with Gasteiger partial charge in [-0.2, -0.15) is 11.8 Å². The molecule has 1 aromatic heterocycles. The quantitative estimate of drug-likeness (QED) is 0.764. The Kier molecular flexibility index (Phi) is 4.36. The summed E-state index contributed by atoms with van der Waals surface area (Å²) in [6.07, 6.45) is 2.65. The number of ether oxygens (including phenoxy) is 1. The summed E-state index contributed by atoms with van der Waals surface area (Å²) in [6, 6.07) is 0. The summed E-state index contributed by atoms with van der Waals surface area (Å²) in [4.78, 5) is 17.7. The zero-order chi connectivity index (χ0) is 14.0. The Labute approximate surface area is 120 Å². The molecule has 106 valence electrons. The molecule has 0 N–H and O–H groups in total. The van der Waals surface area contributed by atoms with E-state index in [4.69, 9.17) is 0 Å². The molecule has 2 heterocycles. The van der Waals surface area contributed by atoms with Crippen molar-refractivity contribution in [1.82, 2.24) is 4.98 Å². The second kappa shape index (κ2) is 5.68. The van der Waals surface area contributed by atoms with Crippen LogP contribution in [0.4, 0.5) is 5.13 Å². The van der Waals surface area contributed by atoms with Gasteiger partial charge in [0.1, 0.15) is 10.3 Å². The third-order valence-corrected chi connectivity index (χ3v) is 6.36. The van der Waals surface area contributed by atoms with E-state index in [1.165, 1.54) is 19.6 Å². The number of thiazole rings is 1. The highest BCUT2D eigenvalue weighted by molar-refractivity contribution is 8.01. The largest absolute Gasteiger partial charge is 0.465 e. The van der Waals surface area contributed by atoms with Gasteiger partial charge in [0.15, 0.2) is 15.0 Å². The summed E-state index contributed by atoms with van der Waals surface area (Å²) in [5.74, 6) is 0.913. The Morgan fingerprint density at radius 3 is 2.95 bits per heavy atom. The Hall–Kier alpha value is -0.800. The number of aromatic nitrogens is 1. The fourth-order valence-electron chi connectivity index (χ4n) is 1.75. The molecule has 1 unspecified atom stereocenters. The summed E-state index contributed by atoms with van der Waals surface area (Å²) in [5, 5.41) is -0.0287. The number of sulfone groups is 1. The van der Waals surface area contributed by atoms with Crippen LogP contribution in [0.5, 0.6) is 0 Å². The number of rotatable bonds is 3. The second-order valence-electron chi connectivity index (χ2n) is 4.05. The minimum atomic E-state index is -3.18. The number of nitrogens with zero attached hydrogens (tertiary/aromatic N) is 2. The number of anilines is 1. The van der Waals surface area contributed by atoms with E-state index in [2.05, 4.69) is 9.72 Å². The molecule has 0 aromatic carbocycles. The molecule has 0 bridgehead atoms. The molecule has 6 nitrogen and oxygen atoms in total. The lowest BCUT2D eigenvalue weighted by Crippen LogP contribution is -2.47. The van der Waals surface area contributed by atoms with Gasteiger partial charge in [-0.15, -0.1) is 0 Å². The minimum absolute atomic E-state index is 0.378. The molecule has 1 fully saturated rings. The molecule has 19 heavy (non-hydrogen) atoms. The minimum Gasteiger partial charge on any atom is -0.465 e. The number of thioether (sulfide) groups is 1. The van der Waals surface area contributed by atoms with Crippen LogP contribution >= 0.6 is 23.1 Å². The molecular formula is C10H14N2O4S3. The van der Waals surface area contributed by atoms with Crippen LogP contribution in [0.3, 0.4) is 0 Å². The smallest absolute Gasteiger partial charge is 0.349 e. The van der Waals surface area contributed by atoms with Gasteiger partial charge in [-0.05, 0) is 0 Å². The highest BCUT2D eigenvalue weighted by atomic mass is 32.2. The molecule has 0 radical (unpaired) electrons. The van der Waals surface area contributed by atoms with Gasteiger partial charge in [-0.25, -0.2) is 18.2 Å². The maximum absolute atomic E-state index is 11.8. The van der Waals surface area contributed by atoms with Crippen molar-refractivity contribution >= 4 is 44.0 Å². The molecule has 0 spiro atoms. The maximum atomic E-state index is 11.8. The molecule has 1 saturated heterocycles. The van der Waals surface area contributed by atoms with Crippen LogP contribution in [0, 0.1) is 0 Å². The Morgan fingerprint density at radius 1 is 1.58 bits per heavy atom. The van der Waals surface area contributed by atoms with E-state index < -0.39 is 21.2 Å². The van der Waals surface area contributed by atoms with Crippen LogP contribution in [0.25, 0.3) is 0 Å². The first-order valence-electron chi connectivity index (χ1n) is 5.51. The number of methoxy groups -OCH3 is 1. The highest BCUT2D eigenvalue weighted by Gasteiger charge is 2.33. The lowest BCUT2D eigenvalue weighted by atomic mass is 10.5. The highest BCUT2D eigenvalue weighted by Crippen LogP contribution is 2.30. The van der Waals surface area contributed by atoms with Crippen LogP contribution in [-0.2, 0) is 14.6 Å². The average molecular weight is 322 g/mol. The predicted octanol–water partition coefficient (Wildman–Crippen LogP) is 0.854. The first-order chi connectivity index (χ1) is 8.93. The Morgan fingerprint density at radius 2 is 2.32 bits per heavy atom. The summed E-state index contributed by atoms with van der Waals surface area (Å²) in [6.45, 7) is 0.608. The molecule has 1 atom stereocenters. The fraction of sp³-hybridized carbons (Fsp3) is 0.600. The van der Waals surface area contributed by atoms with Crippen molar-refractivity contribution in [3.63, 3.8) is 0 Å². The lowest BCUT2D eigenvalue weighted by Gasteiger charge is -2.33. The molecule has 1 aliphatic heterocycles. The van der Waals surface area contributed by atoms with Gasteiger partial charge in [-0.3, -0.25) is 0 Å². The third-order valence-electron chi connectivity index (χ3n) is 2.70. The van der Waals surface area contributed by atoms with E-state index in [1.807, 2.05) is 0 Å². The van der Waals surface area contributed by atoms with Gasteiger partial charge in [0, 0.05) is 24.3 Å². The number of hydrogen-bond donors (Lipinski definition) is 0. The van der Waals surface area contributed by atoms with Crippen molar-refractivity contribution in [2.24, 2.45) is 0 Å². The topological polar surface area (TPSA) is 76.6 Å². The zero-order valence-corrected chi connectivity index (χ0v) is 13.0. The standard InChI is InChI=1S/C10H14N2O4S3/c1-16-9(13)7-5-11-10(18-7)12-3-4-17-6-8(12)19(2,14)15/h5,8H,3-4,6H2,1-2H3. The molecule has 2 rings (SSSR count). The van der Waals surface area contributed by atoms with Gasteiger partial charge >= 0.3 is 5.97 Å². The molecule has 0 saturated carbocycles. The summed E-state index contributed by atoms with van der Waals surface area (Å²) < 4.78 is 28.2. The number of hydrogen-bond acceptors (Lipinski definition) is 8. The van der Waals surface area contributed by atoms with Crippen LogP contribution in [0.2, 0.25) is 0 Å². The summed E-state index contributed by atoms with van der Waals surface area (Å²) in [7, 11) is -1.88. The van der Waals surface area contributed by atoms with E-state index in [-0.39, 0.29) is 0 Å². The second-order valence-corrected chi connectivity index (χ2v) is 8.41. The predicted molar refractivity (Wildman–Crippen MR) is 76.8 cm³/mol. The monoisotopic (exact) mass is 322 g/mol. The van der Waals surface area contributed by atoms with Gasteiger partial charge in [0.05, 0.1) is 13.3 Å². The Bertz CT molecular complexity index is 569. The van der Waals surface area contributed by atoms with Gasteiger partial charge in [0.2, 0.25) is 0 Å². The van der Waals surface area contributed by atoms with E-state index in [0.29, 0.717) is 22.3 Å². The van der Waals surface area contributed by atoms with Crippen molar-refractivity contribution in [1.29, 1.82) is 0 Å². The summed E-state index contributed by atoms with van der Waals surface area (Å²) >= 11 is 2.77. The van der Waals surface area contributed by atoms with E-state index in [0.717, 1.165) is 17.1 Å². The van der Waals surface area contributed by atoms with E-state index in [1.54, 1.807) is 16.7 Å². The van der Waals surface area contributed by atoms with Crippen molar-refractivity contribution in [3.8, 4) is 0 Å². The van der Waals surface area contributed by atoms with Crippen molar-refractivity contribution in [2.45, 2.75) is 5.37 Å². The van der Waals surface area contributed by atoms with Crippen molar-refractivity contribution in [3.05, 3.63) is 11.1 Å². The normalized spacial score (nSPS) is 20.3. The maximum Gasteiger partial charge on any atom is 0.349 e. The van der Waals surface area contributed by atoms with Crippen LogP contribution in [0.15, 0.2) is 6.20 Å². The van der Waals surface area contributed by atoms with Crippen LogP contribution < -0.4 is 4.90 Å². The third kappa shape index (κ3) is 3.21. The molecule has 0 amide bonds. The number of carbonyl (C=O) groups excluding carboxylic acids is 1. The first kappa shape index (κ1) is 14.6. The number of esters is 1. The van der Waals surface area contributed by atoms with Gasteiger partial charge < -0.3 is 9.64 Å². The molecule has 0 aliphatic carbocycles. The molecule has 1 aromatic rings. The first-order valence-corrected chi connectivity index (χ1v) is 9.43. The average Bonchev–Trinajstić information content (AvgIpc) is 2.86. The zero-order valence-electron chi connectivity index (χ0n) is 10.5.